The van der Waals surface area contributed by atoms with E-state index in [2.05, 4.69) is 36.2 Å². The lowest BCUT2D eigenvalue weighted by molar-refractivity contribution is 0.0947. The van der Waals surface area contributed by atoms with Crippen LogP contribution in [0.2, 0.25) is 0 Å². The standard InChI is InChI=1S/C13H26N2O/c1-12(2)9-14-10-13(11-16-3)15-7-5-4-6-8-15/h4-5,12-14H,6-11H2,1-3H3. The summed E-state index contributed by atoms with van der Waals surface area (Å²) in [5.41, 5.74) is 0. The van der Waals surface area contributed by atoms with E-state index in [9.17, 15) is 0 Å². The van der Waals surface area contributed by atoms with Crippen LogP contribution in [0, 0.1) is 5.92 Å². The van der Waals surface area contributed by atoms with E-state index in [0.29, 0.717) is 12.0 Å². The Hall–Kier alpha value is -0.380. The van der Waals surface area contributed by atoms with Crippen molar-refractivity contribution < 1.29 is 4.74 Å². The normalized spacial score (nSPS) is 19.2. The summed E-state index contributed by atoms with van der Waals surface area (Å²) in [6.45, 7) is 9.64. The zero-order valence-corrected chi connectivity index (χ0v) is 10.9. The summed E-state index contributed by atoms with van der Waals surface area (Å²) in [4.78, 5) is 2.50. The van der Waals surface area contributed by atoms with E-state index in [1.807, 2.05) is 0 Å². The first-order valence-corrected chi connectivity index (χ1v) is 6.32. The first kappa shape index (κ1) is 13.7. The summed E-state index contributed by atoms with van der Waals surface area (Å²) in [7, 11) is 1.79. The van der Waals surface area contributed by atoms with Gasteiger partial charge in [0.25, 0.3) is 0 Å². The molecule has 1 rings (SSSR count). The molecule has 1 aliphatic rings. The van der Waals surface area contributed by atoms with Crippen molar-refractivity contribution in [2.24, 2.45) is 5.92 Å². The molecule has 0 saturated carbocycles. The lowest BCUT2D eigenvalue weighted by atomic mass is 10.1. The maximum absolute atomic E-state index is 5.31. The molecule has 0 saturated heterocycles. The largest absolute Gasteiger partial charge is 0.383 e. The van der Waals surface area contributed by atoms with E-state index in [-0.39, 0.29) is 0 Å². The van der Waals surface area contributed by atoms with Gasteiger partial charge in [-0.1, -0.05) is 26.0 Å². The van der Waals surface area contributed by atoms with Crippen LogP contribution in [-0.2, 0) is 4.74 Å². The molecule has 1 unspecified atom stereocenters. The van der Waals surface area contributed by atoms with Gasteiger partial charge in [-0.05, 0) is 18.9 Å². The zero-order valence-electron chi connectivity index (χ0n) is 10.9. The Morgan fingerprint density at radius 1 is 1.31 bits per heavy atom. The number of methoxy groups -OCH3 is 1. The van der Waals surface area contributed by atoms with Gasteiger partial charge in [0, 0.05) is 32.8 Å². The zero-order chi connectivity index (χ0) is 11.8. The van der Waals surface area contributed by atoms with Crippen molar-refractivity contribution in [1.29, 1.82) is 0 Å². The second kappa shape index (κ2) is 7.82. The third-order valence-electron chi connectivity index (χ3n) is 2.90. The summed E-state index contributed by atoms with van der Waals surface area (Å²) in [5.74, 6) is 0.712. The van der Waals surface area contributed by atoms with Gasteiger partial charge in [0.1, 0.15) is 0 Å². The van der Waals surface area contributed by atoms with E-state index >= 15 is 0 Å². The summed E-state index contributed by atoms with van der Waals surface area (Å²) >= 11 is 0. The van der Waals surface area contributed by atoms with Gasteiger partial charge in [-0.25, -0.2) is 0 Å². The average Bonchev–Trinajstić information content (AvgIpc) is 2.29. The first-order valence-electron chi connectivity index (χ1n) is 6.32. The fourth-order valence-corrected chi connectivity index (χ4v) is 2.02. The Balaban J connectivity index is 2.31. The van der Waals surface area contributed by atoms with Crippen LogP contribution >= 0.6 is 0 Å². The van der Waals surface area contributed by atoms with Gasteiger partial charge in [0.2, 0.25) is 0 Å². The third-order valence-corrected chi connectivity index (χ3v) is 2.90. The summed E-state index contributed by atoms with van der Waals surface area (Å²) in [5, 5.41) is 3.52. The van der Waals surface area contributed by atoms with Gasteiger partial charge in [0.05, 0.1) is 6.61 Å². The van der Waals surface area contributed by atoms with Gasteiger partial charge < -0.3 is 10.1 Å². The van der Waals surface area contributed by atoms with Gasteiger partial charge in [0.15, 0.2) is 0 Å². The minimum absolute atomic E-state index is 0.508. The Morgan fingerprint density at radius 2 is 2.12 bits per heavy atom. The van der Waals surface area contributed by atoms with E-state index in [1.54, 1.807) is 7.11 Å². The molecule has 0 radical (unpaired) electrons. The highest BCUT2D eigenvalue weighted by Gasteiger charge is 2.18. The van der Waals surface area contributed by atoms with Crippen molar-refractivity contribution in [3.05, 3.63) is 12.2 Å². The van der Waals surface area contributed by atoms with Crippen LogP contribution in [0.25, 0.3) is 0 Å². The molecular formula is C13H26N2O. The Labute approximate surface area is 99.8 Å². The predicted molar refractivity (Wildman–Crippen MR) is 68.7 cm³/mol. The molecule has 16 heavy (non-hydrogen) atoms. The van der Waals surface area contributed by atoms with Crippen molar-refractivity contribution in [2.75, 3.05) is 39.9 Å². The highest BCUT2D eigenvalue weighted by atomic mass is 16.5. The number of hydrogen-bond donors (Lipinski definition) is 1. The smallest absolute Gasteiger partial charge is 0.0630 e. The fourth-order valence-electron chi connectivity index (χ4n) is 2.02. The predicted octanol–water partition coefficient (Wildman–Crippen LogP) is 1.51. The maximum Gasteiger partial charge on any atom is 0.0630 e. The molecule has 0 fully saturated rings. The summed E-state index contributed by atoms with van der Waals surface area (Å²) in [6, 6.07) is 0.508. The maximum atomic E-state index is 5.31. The average molecular weight is 226 g/mol. The van der Waals surface area contributed by atoms with Crippen molar-refractivity contribution in [3.63, 3.8) is 0 Å². The van der Waals surface area contributed by atoms with Crippen molar-refractivity contribution in [3.8, 4) is 0 Å². The minimum Gasteiger partial charge on any atom is -0.383 e. The first-order chi connectivity index (χ1) is 7.74. The highest BCUT2D eigenvalue weighted by molar-refractivity contribution is 4.93. The molecular weight excluding hydrogens is 200 g/mol. The van der Waals surface area contributed by atoms with Crippen LogP contribution in [0.15, 0.2) is 12.2 Å². The van der Waals surface area contributed by atoms with Crippen molar-refractivity contribution in [2.45, 2.75) is 26.3 Å². The number of nitrogens with one attached hydrogen (secondary N) is 1. The fraction of sp³-hybridized carbons (Fsp3) is 0.846. The number of ether oxygens (including phenoxy) is 1. The molecule has 0 aromatic rings. The van der Waals surface area contributed by atoms with Crippen molar-refractivity contribution >= 4 is 0 Å². The minimum atomic E-state index is 0.508. The highest BCUT2D eigenvalue weighted by Crippen LogP contribution is 2.06. The SMILES string of the molecule is COCC(CNCC(C)C)N1CC=CCC1. The third kappa shape index (κ3) is 5.10. The molecule has 3 heteroatoms. The monoisotopic (exact) mass is 226 g/mol. The molecule has 0 spiro atoms. The van der Waals surface area contributed by atoms with E-state index in [0.717, 1.165) is 32.8 Å². The van der Waals surface area contributed by atoms with Gasteiger partial charge in [-0.3, -0.25) is 4.90 Å². The Bertz CT molecular complexity index is 204. The molecule has 0 aromatic carbocycles. The molecule has 0 aromatic heterocycles. The lowest BCUT2D eigenvalue weighted by Gasteiger charge is -2.32. The summed E-state index contributed by atoms with van der Waals surface area (Å²) in [6.07, 6.45) is 5.70. The van der Waals surface area contributed by atoms with Crippen LogP contribution in [0.3, 0.4) is 0 Å². The van der Waals surface area contributed by atoms with Gasteiger partial charge >= 0.3 is 0 Å². The Morgan fingerprint density at radius 3 is 2.69 bits per heavy atom. The quantitative estimate of drug-likeness (QED) is 0.666. The second-order valence-electron chi connectivity index (χ2n) is 4.92. The van der Waals surface area contributed by atoms with E-state index in [4.69, 9.17) is 4.74 Å². The Kier molecular flexibility index (Phi) is 6.69. The van der Waals surface area contributed by atoms with Gasteiger partial charge in [-0.15, -0.1) is 0 Å². The topological polar surface area (TPSA) is 24.5 Å². The lowest BCUT2D eigenvalue weighted by Crippen LogP contribution is -2.47. The molecule has 0 amide bonds. The molecule has 1 N–H and O–H groups in total. The number of nitrogens with zero attached hydrogens (tertiary/aromatic N) is 1. The van der Waals surface area contributed by atoms with Crippen molar-refractivity contribution in [1.82, 2.24) is 10.2 Å². The second-order valence-corrected chi connectivity index (χ2v) is 4.92. The van der Waals surface area contributed by atoms with Crippen LogP contribution in [-0.4, -0.2) is 50.8 Å². The summed E-state index contributed by atoms with van der Waals surface area (Å²) < 4.78 is 5.31. The van der Waals surface area contributed by atoms with Gasteiger partial charge in [-0.2, -0.15) is 0 Å². The van der Waals surface area contributed by atoms with E-state index < -0.39 is 0 Å². The van der Waals surface area contributed by atoms with Crippen LogP contribution in [0.5, 0.6) is 0 Å². The molecule has 1 aliphatic heterocycles. The number of hydrogen-bond acceptors (Lipinski definition) is 3. The molecule has 0 bridgehead atoms. The molecule has 1 heterocycles. The van der Waals surface area contributed by atoms with Crippen LogP contribution in [0.1, 0.15) is 20.3 Å². The van der Waals surface area contributed by atoms with Crippen LogP contribution in [0.4, 0.5) is 0 Å². The molecule has 3 nitrogen and oxygen atoms in total. The molecule has 1 atom stereocenters. The number of rotatable bonds is 7. The van der Waals surface area contributed by atoms with Crippen LogP contribution < -0.4 is 5.32 Å². The van der Waals surface area contributed by atoms with E-state index in [1.165, 1.54) is 6.42 Å². The molecule has 94 valence electrons. The molecule has 0 aliphatic carbocycles.